The van der Waals surface area contributed by atoms with Crippen LogP contribution < -0.4 is 10.5 Å². The van der Waals surface area contributed by atoms with E-state index >= 15 is 0 Å². The lowest BCUT2D eigenvalue weighted by molar-refractivity contribution is 0.340. The fourth-order valence-electron chi connectivity index (χ4n) is 2.69. The summed E-state index contributed by atoms with van der Waals surface area (Å²) in [7, 11) is 0. The molecule has 23 heavy (non-hydrogen) atoms. The third-order valence-corrected chi connectivity index (χ3v) is 4.90. The molecule has 1 aromatic heterocycles. The summed E-state index contributed by atoms with van der Waals surface area (Å²) >= 11 is 1.66. The van der Waals surface area contributed by atoms with E-state index in [9.17, 15) is 0 Å². The van der Waals surface area contributed by atoms with Gasteiger partial charge >= 0.3 is 0 Å². The molecule has 1 aromatic carbocycles. The predicted octanol–water partition coefficient (Wildman–Crippen LogP) is 3.91. The van der Waals surface area contributed by atoms with Crippen molar-refractivity contribution in [1.82, 2.24) is 10.1 Å². The smallest absolute Gasteiger partial charge is 0.237 e. The highest BCUT2D eigenvalue weighted by atomic mass is 35.5. The molecule has 1 fully saturated rings. The SMILES string of the molecule is CCOc1ccc(SCc2nc(C3(N)CCCC3)no2)cc1.Cl. The second-order valence-corrected chi connectivity index (χ2v) is 6.62. The topological polar surface area (TPSA) is 74.2 Å². The zero-order valence-corrected chi connectivity index (χ0v) is 14.8. The van der Waals surface area contributed by atoms with Gasteiger partial charge in [-0.05, 0) is 44.0 Å². The summed E-state index contributed by atoms with van der Waals surface area (Å²) in [4.78, 5) is 5.62. The van der Waals surface area contributed by atoms with E-state index in [1.54, 1.807) is 11.8 Å². The summed E-state index contributed by atoms with van der Waals surface area (Å²) in [6, 6.07) is 8.01. The lowest BCUT2D eigenvalue weighted by atomic mass is 9.99. The summed E-state index contributed by atoms with van der Waals surface area (Å²) in [6.45, 7) is 2.66. The molecule has 0 atom stereocenters. The highest BCUT2D eigenvalue weighted by Crippen LogP contribution is 2.35. The molecular weight excluding hydrogens is 334 g/mol. The number of hydrogen-bond donors (Lipinski definition) is 1. The van der Waals surface area contributed by atoms with Crippen molar-refractivity contribution >= 4 is 24.2 Å². The van der Waals surface area contributed by atoms with Gasteiger partial charge in [0.15, 0.2) is 5.82 Å². The predicted molar refractivity (Wildman–Crippen MR) is 93.1 cm³/mol. The molecule has 2 N–H and O–H groups in total. The Morgan fingerprint density at radius 1 is 1.26 bits per heavy atom. The molecule has 126 valence electrons. The minimum Gasteiger partial charge on any atom is -0.494 e. The molecule has 1 aliphatic rings. The summed E-state index contributed by atoms with van der Waals surface area (Å²) in [5.41, 5.74) is 5.96. The van der Waals surface area contributed by atoms with Crippen LogP contribution in [0.5, 0.6) is 5.75 Å². The first kappa shape index (κ1) is 18.1. The highest BCUT2D eigenvalue weighted by Gasteiger charge is 2.35. The van der Waals surface area contributed by atoms with Crippen LogP contribution in [0, 0.1) is 0 Å². The molecule has 3 rings (SSSR count). The van der Waals surface area contributed by atoms with Crippen LogP contribution in [-0.2, 0) is 11.3 Å². The van der Waals surface area contributed by atoms with E-state index in [0.29, 0.717) is 24.1 Å². The van der Waals surface area contributed by atoms with Gasteiger partial charge in [-0.25, -0.2) is 0 Å². The Hall–Kier alpha value is -1.24. The number of ether oxygens (including phenoxy) is 1. The van der Waals surface area contributed by atoms with Crippen LogP contribution in [0.1, 0.15) is 44.3 Å². The van der Waals surface area contributed by atoms with E-state index in [1.165, 1.54) is 0 Å². The largest absolute Gasteiger partial charge is 0.494 e. The van der Waals surface area contributed by atoms with E-state index < -0.39 is 0 Å². The molecule has 0 saturated heterocycles. The maximum absolute atomic E-state index is 6.34. The Morgan fingerprint density at radius 2 is 1.96 bits per heavy atom. The lowest BCUT2D eigenvalue weighted by Crippen LogP contribution is -2.34. The second-order valence-electron chi connectivity index (χ2n) is 5.57. The number of hydrogen-bond acceptors (Lipinski definition) is 6. The first-order valence-corrected chi connectivity index (χ1v) is 8.66. The summed E-state index contributed by atoms with van der Waals surface area (Å²) in [5.74, 6) is 2.83. The zero-order chi connectivity index (χ0) is 15.4. The van der Waals surface area contributed by atoms with Gasteiger partial charge in [-0.3, -0.25) is 0 Å². The van der Waals surface area contributed by atoms with Crippen molar-refractivity contribution in [2.24, 2.45) is 5.73 Å². The molecule has 0 bridgehead atoms. The number of benzene rings is 1. The van der Waals surface area contributed by atoms with Gasteiger partial charge in [0.25, 0.3) is 0 Å². The number of nitrogens with two attached hydrogens (primary N) is 1. The van der Waals surface area contributed by atoms with Gasteiger partial charge in [-0.15, -0.1) is 24.2 Å². The molecule has 7 heteroatoms. The van der Waals surface area contributed by atoms with Crippen molar-refractivity contribution in [3.05, 3.63) is 36.0 Å². The average Bonchev–Trinajstić information content (AvgIpc) is 3.17. The molecule has 2 aromatic rings. The Labute approximate surface area is 146 Å². The van der Waals surface area contributed by atoms with Crippen molar-refractivity contribution in [3.8, 4) is 5.75 Å². The molecule has 1 aliphatic carbocycles. The molecule has 0 radical (unpaired) electrons. The van der Waals surface area contributed by atoms with Gasteiger partial charge in [-0.1, -0.05) is 18.0 Å². The molecule has 1 heterocycles. The van der Waals surface area contributed by atoms with Gasteiger partial charge in [0.1, 0.15) is 5.75 Å². The highest BCUT2D eigenvalue weighted by molar-refractivity contribution is 7.98. The van der Waals surface area contributed by atoms with Crippen LogP contribution in [0.2, 0.25) is 0 Å². The Bertz CT molecular complexity index is 612. The van der Waals surface area contributed by atoms with E-state index in [1.807, 2.05) is 31.2 Å². The fourth-order valence-corrected chi connectivity index (χ4v) is 3.42. The van der Waals surface area contributed by atoms with E-state index in [2.05, 4.69) is 10.1 Å². The van der Waals surface area contributed by atoms with Gasteiger partial charge < -0.3 is 15.0 Å². The van der Waals surface area contributed by atoms with Crippen molar-refractivity contribution in [1.29, 1.82) is 0 Å². The van der Waals surface area contributed by atoms with Gasteiger partial charge in [0.2, 0.25) is 5.89 Å². The second kappa shape index (κ2) is 8.04. The quantitative estimate of drug-likeness (QED) is 0.792. The maximum Gasteiger partial charge on any atom is 0.237 e. The minimum absolute atomic E-state index is 0. The third kappa shape index (κ3) is 4.40. The summed E-state index contributed by atoms with van der Waals surface area (Å²) < 4.78 is 10.8. The van der Waals surface area contributed by atoms with Crippen LogP contribution in [-0.4, -0.2) is 16.7 Å². The third-order valence-electron chi connectivity index (χ3n) is 3.91. The molecule has 1 saturated carbocycles. The van der Waals surface area contributed by atoms with Crippen molar-refractivity contribution in [2.75, 3.05) is 6.61 Å². The number of rotatable bonds is 6. The normalized spacial score (nSPS) is 16.1. The first-order chi connectivity index (χ1) is 10.7. The number of halogens is 1. The molecule has 5 nitrogen and oxygen atoms in total. The van der Waals surface area contributed by atoms with E-state index in [-0.39, 0.29) is 17.9 Å². The number of aromatic nitrogens is 2. The minimum atomic E-state index is -0.383. The Kier molecular flexibility index (Phi) is 6.33. The van der Waals surface area contributed by atoms with Crippen LogP contribution in [0.15, 0.2) is 33.7 Å². The van der Waals surface area contributed by atoms with Gasteiger partial charge in [-0.2, -0.15) is 4.98 Å². The maximum atomic E-state index is 6.34. The molecular formula is C16H22ClN3O2S. The monoisotopic (exact) mass is 355 g/mol. The van der Waals surface area contributed by atoms with Crippen molar-refractivity contribution in [3.63, 3.8) is 0 Å². The molecule has 0 spiro atoms. The summed E-state index contributed by atoms with van der Waals surface area (Å²) in [6.07, 6.45) is 4.17. The van der Waals surface area contributed by atoms with Crippen LogP contribution >= 0.6 is 24.2 Å². The molecule has 0 amide bonds. The van der Waals surface area contributed by atoms with Crippen LogP contribution in [0.25, 0.3) is 0 Å². The standard InChI is InChI=1S/C16H21N3O2S.ClH/c1-2-20-12-5-7-13(8-6-12)22-11-14-18-15(19-21-14)16(17)9-3-4-10-16;/h5-8H,2-4,9-11,17H2,1H3;1H. The Morgan fingerprint density at radius 3 is 2.61 bits per heavy atom. The number of thioether (sulfide) groups is 1. The first-order valence-electron chi connectivity index (χ1n) is 7.67. The number of nitrogens with zero attached hydrogens (tertiary/aromatic N) is 2. The average molecular weight is 356 g/mol. The van der Waals surface area contributed by atoms with Crippen LogP contribution in [0.3, 0.4) is 0 Å². The molecule has 0 unspecified atom stereocenters. The zero-order valence-electron chi connectivity index (χ0n) is 13.2. The van der Waals surface area contributed by atoms with Gasteiger partial charge in [0.05, 0.1) is 17.9 Å². The van der Waals surface area contributed by atoms with Gasteiger partial charge in [0, 0.05) is 4.90 Å². The molecule has 0 aliphatic heterocycles. The van der Waals surface area contributed by atoms with Crippen LogP contribution in [0.4, 0.5) is 0 Å². The summed E-state index contributed by atoms with van der Waals surface area (Å²) in [5, 5.41) is 4.08. The van der Waals surface area contributed by atoms with Crippen molar-refractivity contribution in [2.45, 2.75) is 48.8 Å². The lowest BCUT2D eigenvalue weighted by Gasteiger charge is -2.17. The van der Waals surface area contributed by atoms with Crippen molar-refractivity contribution < 1.29 is 9.26 Å². The van der Waals surface area contributed by atoms with E-state index in [4.69, 9.17) is 15.0 Å². The Balaban J connectivity index is 0.00000192. The van der Waals surface area contributed by atoms with E-state index in [0.717, 1.165) is 36.3 Å². The fraction of sp³-hybridized carbons (Fsp3) is 0.500.